The number of ether oxygens (including phenoxy) is 2. The molecule has 0 aliphatic heterocycles. The van der Waals surface area contributed by atoms with Crippen molar-refractivity contribution in [3.8, 4) is 0 Å². The van der Waals surface area contributed by atoms with Gasteiger partial charge in [0.05, 0.1) is 18.2 Å². The number of amides is 1. The average Bonchev–Trinajstić information content (AvgIpc) is 3.18. The number of methoxy groups -OCH3 is 1. The number of hydrogen-bond acceptors (Lipinski definition) is 7. The Bertz CT molecular complexity index is 594. The molecule has 1 rings (SSSR count). The molecule has 8 heteroatoms. The van der Waals surface area contributed by atoms with E-state index >= 15 is 0 Å². The number of rotatable bonds is 14. The molecule has 0 saturated heterocycles. The maximum absolute atomic E-state index is 12.8. The van der Waals surface area contributed by atoms with Crippen LogP contribution < -0.4 is 5.73 Å². The van der Waals surface area contributed by atoms with Crippen molar-refractivity contribution in [3.63, 3.8) is 0 Å². The molecule has 0 radical (unpaired) electrons. The molecule has 28 heavy (non-hydrogen) atoms. The summed E-state index contributed by atoms with van der Waals surface area (Å²) >= 11 is 1.42. The van der Waals surface area contributed by atoms with Gasteiger partial charge in [0.1, 0.15) is 6.73 Å². The molecule has 2 atom stereocenters. The SMILES string of the molecule is CCCCCOCN(CCCc1nc(C(=O)OC)cs1)C(=O)C(N)C(C)CC. The van der Waals surface area contributed by atoms with E-state index in [-0.39, 0.29) is 18.6 Å². The van der Waals surface area contributed by atoms with Crippen LogP contribution >= 0.6 is 11.3 Å². The number of aromatic nitrogens is 1. The van der Waals surface area contributed by atoms with Crippen LogP contribution in [0, 0.1) is 5.92 Å². The molecule has 1 amide bonds. The number of nitrogens with zero attached hydrogens (tertiary/aromatic N) is 2. The maximum atomic E-state index is 12.8. The van der Waals surface area contributed by atoms with Gasteiger partial charge in [-0.05, 0) is 18.8 Å². The molecule has 0 saturated carbocycles. The van der Waals surface area contributed by atoms with E-state index in [0.29, 0.717) is 25.3 Å². The Morgan fingerprint density at radius 3 is 2.68 bits per heavy atom. The Morgan fingerprint density at radius 2 is 2.04 bits per heavy atom. The zero-order valence-corrected chi connectivity index (χ0v) is 18.4. The van der Waals surface area contributed by atoms with Crippen LogP contribution in [-0.2, 0) is 20.7 Å². The zero-order valence-electron chi connectivity index (χ0n) is 17.6. The number of hydrogen-bond donors (Lipinski definition) is 1. The number of nitrogens with two attached hydrogens (primary N) is 1. The lowest BCUT2D eigenvalue weighted by atomic mass is 9.99. The summed E-state index contributed by atoms with van der Waals surface area (Å²) in [4.78, 5) is 30.3. The van der Waals surface area contributed by atoms with Crippen LogP contribution in [-0.4, -0.2) is 54.8 Å². The Balaban J connectivity index is 2.59. The molecule has 0 aliphatic carbocycles. The molecule has 2 N–H and O–H groups in total. The standard InChI is InChI=1S/C20H35N3O4S/c1-5-7-8-12-27-14-23(19(24)18(21)15(3)6-2)11-9-10-17-22-16(13-28-17)20(25)26-4/h13,15,18H,5-12,14,21H2,1-4H3. The number of thiazole rings is 1. The second-order valence-electron chi connectivity index (χ2n) is 6.98. The van der Waals surface area contributed by atoms with E-state index < -0.39 is 12.0 Å². The van der Waals surface area contributed by atoms with Crippen molar-refractivity contribution >= 4 is 23.2 Å². The fourth-order valence-corrected chi connectivity index (χ4v) is 3.43. The van der Waals surface area contributed by atoms with Crippen molar-refractivity contribution < 1.29 is 19.1 Å². The second-order valence-corrected chi connectivity index (χ2v) is 7.92. The van der Waals surface area contributed by atoms with Crippen LogP contribution in [0.1, 0.15) is 68.4 Å². The Labute approximate surface area is 172 Å². The van der Waals surface area contributed by atoms with Gasteiger partial charge in [-0.15, -0.1) is 11.3 Å². The van der Waals surface area contributed by atoms with E-state index in [0.717, 1.165) is 37.1 Å². The molecule has 1 heterocycles. The first-order valence-electron chi connectivity index (χ1n) is 10.1. The predicted molar refractivity (Wildman–Crippen MR) is 111 cm³/mol. The quantitative estimate of drug-likeness (QED) is 0.286. The second kappa shape index (κ2) is 13.6. The highest BCUT2D eigenvalue weighted by atomic mass is 32.1. The molecule has 0 spiro atoms. The minimum Gasteiger partial charge on any atom is -0.464 e. The van der Waals surface area contributed by atoms with Crippen molar-refractivity contribution in [3.05, 3.63) is 16.1 Å². The summed E-state index contributed by atoms with van der Waals surface area (Å²) in [5.74, 6) is -0.379. The van der Waals surface area contributed by atoms with E-state index in [1.165, 1.54) is 18.4 Å². The molecule has 160 valence electrons. The zero-order chi connectivity index (χ0) is 20.9. The summed E-state index contributed by atoms with van der Waals surface area (Å²) in [6.07, 6.45) is 5.50. The van der Waals surface area contributed by atoms with Crippen molar-refractivity contribution in [1.29, 1.82) is 0 Å². The molecule has 0 aliphatic rings. The highest BCUT2D eigenvalue weighted by Gasteiger charge is 2.25. The lowest BCUT2D eigenvalue weighted by Crippen LogP contribution is -2.48. The molecule has 1 aromatic rings. The molecular formula is C20H35N3O4S. The highest BCUT2D eigenvalue weighted by Crippen LogP contribution is 2.14. The van der Waals surface area contributed by atoms with Crippen LogP contribution in [0.15, 0.2) is 5.38 Å². The number of carbonyl (C=O) groups excluding carboxylic acids is 2. The normalized spacial score (nSPS) is 13.2. The van der Waals surface area contributed by atoms with Gasteiger partial charge in [0.15, 0.2) is 5.69 Å². The van der Waals surface area contributed by atoms with Gasteiger partial charge in [0.2, 0.25) is 5.91 Å². The summed E-state index contributed by atoms with van der Waals surface area (Å²) in [5, 5.41) is 2.54. The lowest BCUT2D eigenvalue weighted by Gasteiger charge is -2.28. The smallest absolute Gasteiger partial charge is 0.357 e. The molecular weight excluding hydrogens is 378 g/mol. The summed E-state index contributed by atoms with van der Waals surface area (Å²) in [5.41, 5.74) is 6.48. The van der Waals surface area contributed by atoms with Crippen molar-refractivity contribution in [2.24, 2.45) is 11.7 Å². The third-order valence-electron chi connectivity index (χ3n) is 4.76. The largest absolute Gasteiger partial charge is 0.464 e. The van der Waals surface area contributed by atoms with Gasteiger partial charge >= 0.3 is 5.97 Å². The first-order valence-corrected chi connectivity index (χ1v) is 11.0. The first kappa shape index (κ1) is 24.5. The van der Waals surface area contributed by atoms with Crippen LogP contribution in [0.25, 0.3) is 0 Å². The fraction of sp³-hybridized carbons (Fsp3) is 0.750. The van der Waals surface area contributed by atoms with E-state index in [2.05, 4.69) is 16.6 Å². The van der Waals surface area contributed by atoms with Crippen LogP contribution in [0.5, 0.6) is 0 Å². The van der Waals surface area contributed by atoms with E-state index in [1.807, 2.05) is 13.8 Å². The van der Waals surface area contributed by atoms with Gasteiger partial charge in [-0.1, -0.05) is 40.0 Å². The summed E-state index contributed by atoms with van der Waals surface area (Å²) < 4.78 is 10.4. The minimum absolute atomic E-state index is 0.0702. The fourth-order valence-electron chi connectivity index (χ4n) is 2.62. The van der Waals surface area contributed by atoms with Gasteiger partial charge < -0.3 is 20.1 Å². The maximum Gasteiger partial charge on any atom is 0.357 e. The molecule has 0 aromatic carbocycles. The monoisotopic (exact) mass is 413 g/mol. The Morgan fingerprint density at radius 1 is 1.29 bits per heavy atom. The third kappa shape index (κ3) is 8.24. The third-order valence-corrected chi connectivity index (χ3v) is 5.67. The molecule has 0 fully saturated rings. The molecule has 1 aromatic heterocycles. The van der Waals surface area contributed by atoms with Crippen LogP contribution in [0.3, 0.4) is 0 Å². The van der Waals surface area contributed by atoms with Crippen LogP contribution in [0.2, 0.25) is 0 Å². The van der Waals surface area contributed by atoms with Crippen molar-refractivity contribution in [1.82, 2.24) is 9.88 Å². The first-order chi connectivity index (χ1) is 13.4. The Kier molecular flexibility index (Phi) is 11.9. The summed E-state index contributed by atoms with van der Waals surface area (Å²) in [7, 11) is 1.34. The van der Waals surface area contributed by atoms with Gasteiger partial charge in [-0.2, -0.15) is 0 Å². The van der Waals surface area contributed by atoms with Crippen molar-refractivity contribution in [2.45, 2.75) is 65.3 Å². The lowest BCUT2D eigenvalue weighted by molar-refractivity contribution is -0.139. The van der Waals surface area contributed by atoms with Gasteiger partial charge in [0, 0.05) is 25.0 Å². The highest BCUT2D eigenvalue weighted by molar-refractivity contribution is 7.09. The number of unbranched alkanes of at least 4 members (excludes halogenated alkanes) is 2. The van der Waals surface area contributed by atoms with Gasteiger partial charge in [-0.3, -0.25) is 4.79 Å². The van der Waals surface area contributed by atoms with E-state index in [4.69, 9.17) is 10.5 Å². The van der Waals surface area contributed by atoms with Crippen molar-refractivity contribution in [2.75, 3.05) is 27.0 Å². The number of carbonyl (C=O) groups is 2. The minimum atomic E-state index is -0.518. The molecule has 0 bridgehead atoms. The summed E-state index contributed by atoms with van der Waals surface area (Å²) in [6.45, 7) is 7.62. The molecule has 2 unspecified atom stereocenters. The van der Waals surface area contributed by atoms with E-state index in [9.17, 15) is 9.59 Å². The summed E-state index contributed by atoms with van der Waals surface area (Å²) in [6, 6.07) is -0.518. The van der Waals surface area contributed by atoms with Gasteiger partial charge in [0.25, 0.3) is 0 Å². The average molecular weight is 414 g/mol. The number of esters is 1. The Hall–Kier alpha value is -1.51. The predicted octanol–water partition coefficient (Wildman–Crippen LogP) is 3.23. The molecule has 7 nitrogen and oxygen atoms in total. The van der Waals surface area contributed by atoms with Crippen LogP contribution in [0.4, 0.5) is 0 Å². The van der Waals surface area contributed by atoms with E-state index in [1.54, 1.807) is 10.3 Å². The topological polar surface area (TPSA) is 94.7 Å². The number of aryl methyl sites for hydroxylation is 1. The van der Waals surface area contributed by atoms with Gasteiger partial charge in [-0.25, -0.2) is 9.78 Å².